The molecule has 0 radical (unpaired) electrons. The van der Waals surface area contributed by atoms with Crippen LogP contribution in [0.15, 0.2) is 24.3 Å². The van der Waals surface area contributed by atoms with Gasteiger partial charge in [-0.1, -0.05) is 6.07 Å². The van der Waals surface area contributed by atoms with Crippen LogP contribution in [0.3, 0.4) is 0 Å². The van der Waals surface area contributed by atoms with E-state index >= 15 is 0 Å². The molecule has 1 aliphatic rings. The SMILES string of the molecule is O=C(NCC1CNCC1O)c1cccc(I)c1. The van der Waals surface area contributed by atoms with E-state index in [9.17, 15) is 9.90 Å². The van der Waals surface area contributed by atoms with Crippen molar-refractivity contribution in [1.29, 1.82) is 0 Å². The van der Waals surface area contributed by atoms with E-state index in [0.717, 1.165) is 10.1 Å². The Kier molecular flexibility index (Phi) is 4.36. The molecule has 0 aliphatic carbocycles. The van der Waals surface area contributed by atoms with Gasteiger partial charge < -0.3 is 15.7 Å². The Morgan fingerprint density at radius 1 is 1.53 bits per heavy atom. The first kappa shape index (κ1) is 12.8. The molecule has 2 rings (SSSR count). The first-order valence-corrected chi connectivity index (χ1v) is 6.67. The van der Waals surface area contributed by atoms with Gasteiger partial charge in [0.15, 0.2) is 0 Å². The number of aliphatic hydroxyl groups excluding tert-OH is 1. The van der Waals surface area contributed by atoms with Crippen molar-refractivity contribution in [1.82, 2.24) is 10.6 Å². The molecule has 1 amide bonds. The van der Waals surface area contributed by atoms with Gasteiger partial charge in [-0.05, 0) is 40.8 Å². The third kappa shape index (κ3) is 3.40. The lowest BCUT2D eigenvalue weighted by Crippen LogP contribution is -2.34. The number of rotatable bonds is 3. The lowest BCUT2D eigenvalue weighted by Gasteiger charge is -2.14. The Bertz CT molecular complexity index is 411. The lowest BCUT2D eigenvalue weighted by molar-refractivity contribution is 0.0927. The predicted molar refractivity (Wildman–Crippen MR) is 73.9 cm³/mol. The lowest BCUT2D eigenvalue weighted by atomic mass is 10.1. The van der Waals surface area contributed by atoms with Crippen LogP contribution in [0.25, 0.3) is 0 Å². The summed E-state index contributed by atoms with van der Waals surface area (Å²) in [5, 5.41) is 15.5. The van der Waals surface area contributed by atoms with Crippen molar-refractivity contribution in [3.8, 4) is 0 Å². The molecule has 1 fully saturated rings. The first-order chi connectivity index (χ1) is 8.16. The molecule has 0 saturated carbocycles. The third-order valence-electron chi connectivity index (χ3n) is 2.92. The topological polar surface area (TPSA) is 61.4 Å². The normalized spacial score (nSPS) is 23.6. The summed E-state index contributed by atoms with van der Waals surface area (Å²) < 4.78 is 1.04. The van der Waals surface area contributed by atoms with Crippen LogP contribution < -0.4 is 10.6 Å². The summed E-state index contributed by atoms with van der Waals surface area (Å²) in [7, 11) is 0. The van der Waals surface area contributed by atoms with E-state index in [1.807, 2.05) is 18.2 Å². The smallest absolute Gasteiger partial charge is 0.251 e. The molecule has 92 valence electrons. The van der Waals surface area contributed by atoms with Crippen LogP contribution in [-0.4, -0.2) is 36.8 Å². The highest BCUT2D eigenvalue weighted by molar-refractivity contribution is 14.1. The van der Waals surface area contributed by atoms with Crippen LogP contribution in [0, 0.1) is 9.49 Å². The summed E-state index contributed by atoms with van der Waals surface area (Å²) in [6.07, 6.45) is -0.355. The van der Waals surface area contributed by atoms with Gasteiger partial charge in [0, 0.05) is 34.7 Å². The molecule has 1 aromatic carbocycles. The summed E-state index contributed by atoms with van der Waals surface area (Å²) in [4.78, 5) is 11.8. The maximum atomic E-state index is 11.8. The van der Waals surface area contributed by atoms with Gasteiger partial charge in [-0.25, -0.2) is 0 Å². The fraction of sp³-hybridized carbons (Fsp3) is 0.417. The fourth-order valence-electron chi connectivity index (χ4n) is 1.88. The second-order valence-corrected chi connectivity index (χ2v) is 5.45. The molecule has 0 bridgehead atoms. The Balaban J connectivity index is 1.89. The quantitative estimate of drug-likeness (QED) is 0.703. The molecule has 1 aromatic rings. The van der Waals surface area contributed by atoms with Crippen LogP contribution in [0.1, 0.15) is 10.4 Å². The van der Waals surface area contributed by atoms with Gasteiger partial charge in [-0.2, -0.15) is 0 Å². The Morgan fingerprint density at radius 3 is 3.00 bits per heavy atom. The van der Waals surface area contributed by atoms with E-state index in [4.69, 9.17) is 0 Å². The van der Waals surface area contributed by atoms with E-state index < -0.39 is 0 Å². The van der Waals surface area contributed by atoms with E-state index in [0.29, 0.717) is 18.7 Å². The number of nitrogens with one attached hydrogen (secondary N) is 2. The van der Waals surface area contributed by atoms with Crippen LogP contribution in [0.4, 0.5) is 0 Å². The number of carbonyl (C=O) groups is 1. The highest BCUT2D eigenvalue weighted by Gasteiger charge is 2.25. The second-order valence-electron chi connectivity index (χ2n) is 4.21. The number of aliphatic hydroxyl groups is 1. The summed E-state index contributed by atoms with van der Waals surface area (Å²) in [5.41, 5.74) is 0.664. The average molecular weight is 346 g/mol. The number of β-amino-alcohol motifs (C(OH)–C–C–N with tert-alkyl or cyclic N) is 1. The van der Waals surface area contributed by atoms with Gasteiger partial charge in [-0.15, -0.1) is 0 Å². The Hall–Kier alpha value is -0.660. The minimum Gasteiger partial charge on any atom is -0.391 e. The van der Waals surface area contributed by atoms with Crippen LogP contribution in [0.5, 0.6) is 0 Å². The minimum atomic E-state index is -0.355. The zero-order valence-electron chi connectivity index (χ0n) is 9.32. The predicted octanol–water partition coefficient (Wildman–Crippen LogP) is 0.601. The average Bonchev–Trinajstić information content (AvgIpc) is 2.72. The summed E-state index contributed by atoms with van der Waals surface area (Å²) in [5.74, 6) is 0.0318. The summed E-state index contributed by atoms with van der Waals surface area (Å²) >= 11 is 2.18. The van der Waals surface area contributed by atoms with Crippen LogP contribution in [0.2, 0.25) is 0 Å². The van der Waals surface area contributed by atoms with Crippen molar-refractivity contribution in [2.24, 2.45) is 5.92 Å². The Labute approximate surface area is 114 Å². The van der Waals surface area contributed by atoms with Crippen molar-refractivity contribution in [3.05, 3.63) is 33.4 Å². The molecule has 2 unspecified atom stereocenters. The summed E-state index contributed by atoms with van der Waals surface area (Å²) in [6.45, 7) is 1.88. The number of carbonyl (C=O) groups excluding carboxylic acids is 1. The maximum Gasteiger partial charge on any atom is 0.251 e. The van der Waals surface area contributed by atoms with E-state index in [-0.39, 0.29) is 17.9 Å². The monoisotopic (exact) mass is 346 g/mol. The van der Waals surface area contributed by atoms with Crippen molar-refractivity contribution in [3.63, 3.8) is 0 Å². The van der Waals surface area contributed by atoms with E-state index in [1.54, 1.807) is 6.07 Å². The van der Waals surface area contributed by atoms with Gasteiger partial charge in [0.1, 0.15) is 0 Å². The van der Waals surface area contributed by atoms with E-state index in [1.165, 1.54) is 0 Å². The van der Waals surface area contributed by atoms with Crippen molar-refractivity contribution < 1.29 is 9.90 Å². The van der Waals surface area contributed by atoms with Gasteiger partial charge >= 0.3 is 0 Å². The highest BCUT2D eigenvalue weighted by atomic mass is 127. The first-order valence-electron chi connectivity index (χ1n) is 5.59. The van der Waals surface area contributed by atoms with Gasteiger partial charge in [0.2, 0.25) is 0 Å². The van der Waals surface area contributed by atoms with E-state index in [2.05, 4.69) is 33.2 Å². The van der Waals surface area contributed by atoms with Gasteiger partial charge in [0.05, 0.1) is 6.10 Å². The molecule has 17 heavy (non-hydrogen) atoms. The molecule has 1 heterocycles. The molecule has 0 spiro atoms. The number of amides is 1. The number of benzene rings is 1. The van der Waals surface area contributed by atoms with Crippen molar-refractivity contribution >= 4 is 28.5 Å². The molecule has 1 saturated heterocycles. The third-order valence-corrected chi connectivity index (χ3v) is 3.59. The molecule has 5 heteroatoms. The molecule has 2 atom stereocenters. The molecule has 4 nitrogen and oxygen atoms in total. The summed E-state index contributed by atoms with van der Waals surface area (Å²) in [6, 6.07) is 7.45. The van der Waals surface area contributed by atoms with Crippen molar-refractivity contribution in [2.75, 3.05) is 19.6 Å². The zero-order valence-corrected chi connectivity index (χ0v) is 11.5. The number of halogens is 1. The number of hydrogen-bond acceptors (Lipinski definition) is 3. The fourth-order valence-corrected chi connectivity index (χ4v) is 2.43. The minimum absolute atomic E-state index is 0.0809. The second kappa shape index (κ2) is 5.79. The molecule has 1 aliphatic heterocycles. The molecular formula is C12H15IN2O2. The van der Waals surface area contributed by atoms with Crippen LogP contribution in [-0.2, 0) is 0 Å². The van der Waals surface area contributed by atoms with Crippen LogP contribution >= 0.6 is 22.6 Å². The zero-order chi connectivity index (χ0) is 12.3. The number of hydrogen-bond donors (Lipinski definition) is 3. The highest BCUT2D eigenvalue weighted by Crippen LogP contribution is 2.09. The van der Waals surface area contributed by atoms with Crippen molar-refractivity contribution in [2.45, 2.75) is 6.10 Å². The van der Waals surface area contributed by atoms with Gasteiger partial charge in [-0.3, -0.25) is 4.79 Å². The molecule has 0 aromatic heterocycles. The molecular weight excluding hydrogens is 331 g/mol. The standard InChI is InChI=1S/C12H15IN2O2/c13-10-3-1-2-8(4-10)12(17)15-6-9-5-14-7-11(9)16/h1-4,9,11,14,16H,5-7H2,(H,15,17). The largest absolute Gasteiger partial charge is 0.391 e. The Morgan fingerprint density at radius 2 is 2.35 bits per heavy atom. The van der Waals surface area contributed by atoms with Gasteiger partial charge in [0.25, 0.3) is 5.91 Å². The maximum absolute atomic E-state index is 11.8. The molecule has 3 N–H and O–H groups in total.